The van der Waals surface area contributed by atoms with Crippen LogP contribution in [0.1, 0.15) is 28.5 Å². The normalized spacial score (nSPS) is 16.8. The second kappa shape index (κ2) is 6.28. The zero-order valence-corrected chi connectivity index (χ0v) is 13.5. The molecule has 1 unspecified atom stereocenters. The summed E-state index contributed by atoms with van der Waals surface area (Å²) in [6.45, 7) is 7.06. The summed E-state index contributed by atoms with van der Waals surface area (Å²) in [5.74, 6) is 0.586. The fourth-order valence-corrected chi connectivity index (χ4v) is 3.04. The Balaban J connectivity index is 1.96. The van der Waals surface area contributed by atoms with Crippen LogP contribution < -0.4 is 0 Å². The summed E-state index contributed by atoms with van der Waals surface area (Å²) in [4.78, 5) is 14.8. The standard InChI is InChI=1S/C18H21N3O2/c1-4-23-13(2)17-11-14-7-5-6-8-15(14)12-21(17)18(22)16-9-10-19-20(16)3/h5-10,17H,2,4,11-12H2,1,3H3. The van der Waals surface area contributed by atoms with Crippen molar-refractivity contribution in [2.75, 3.05) is 6.61 Å². The third-order valence-electron chi connectivity index (χ3n) is 4.25. The lowest BCUT2D eigenvalue weighted by atomic mass is 9.93. The maximum atomic E-state index is 13.0. The molecule has 0 radical (unpaired) electrons. The number of benzene rings is 1. The molecule has 1 aliphatic rings. The summed E-state index contributed by atoms with van der Waals surface area (Å²) >= 11 is 0. The monoisotopic (exact) mass is 311 g/mol. The van der Waals surface area contributed by atoms with Gasteiger partial charge >= 0.3 is 0 Å². The number of nitrogens with zero attached hydrogens (tertiary/aromatic N) is 3. The van der Waals surface area contributed by atoms with Crippen LogP contribution in [0.4, 0.5) is 0 Å². The highest BCUT2D eigenvalue weighted by molar-refractivity contribution is 5.93. The Bertz CT molecular complexity index is 735. The Labute approximate surface area is 136 Å². The van der Waals surface area contributed by atoms with Crippen LogP contribution in [0.15, 0.2) is 48.9 Å². The van der Waals surface area contributed by atoms with Gasteiger partial charge in [-0.05, 0) is 24.1 Å². The average molecular weight is 311 g/mol. The molecule has 23 heavy (non-hydrogen) atoms. The number of aryl methyl sites for hydroxylation is 1. The van der Waals surface area contributed by atoms with E-state index in [0.29, 0.717) is 24.6 Å². The molecule has 3 rings (SSSR count). The summed E-state index contributed by atoms with van der Waals surface area (Å²) in [5, 5.41) is 4.10. The molecule has 0 N–H and O–H groups in total. The molecule has 0 saturated heterocycles. The van der Waals surface area contributed by atoms with E-state index in [2.05, 4.69) is 23.8 Å². The van der Waals surface area contributed by atoms with E-state index in [0.717, 1.165) is 6.42 Å². The van der Waals surface area contributed by atoms with Crippen LogP contribution in [0.3, 0.4) is 0 Å². The Hall–Kier alpha value is -2.56. The molecule has 2 heterocycles. The van der Waals surface area contributed by atoms with Crippen LogP contribution in [-0.4, -0.2) is 33.2 Å². The van der Waals surface area contributed by atoms with Gasteiger partial charge in [-0.1, -0.05) is 30.8 Å². The number of hydrogen-bond donors (Lipinski definition) is 0. The molecule has 1 atom stereocenters. The molecular weight excluding hydrogens is 290 g/mol. The topological polar surface area (TPSA) is 47.4 Å². The summed E-state index contributed by atoms with van der Waals surface area (Å²) in [6, 6.07) is 9.78. The Morgan fingerprint density at radius 1 is 1.35 bits per heavy atom. The maximum Gasteiger partial charge on any atom is 0.273 e. The van der Waals surface area contributed by atoms with E-state index in [-0.39, 0.29) is 11.9 Å². The Morgan fingerprint density at radius 3 is 2.74 bits per heavy atom. The SMILES string of the molecule is C=C(OCC)C1Cc2ccccc2CN1C(=O)c1ccnn1C. The summed E-state index contributed by atoms with van der Waals surface area (Å²) in [6.07, 6.45) is 2.36. The molecular formula is C18H21N3O2. The second-order valence-electron chi connectivity index (χ2n) is 5.66. The highest BCUT2D eigenvalue weighted by Crippen LogP contribution is 2.28. The van der Waals surface area contributed by atoms with Gasteiger partial charge in [0.1, 0.15) is 11.5 Å². The number of rotatable bonds is 4. The largest absolute Gasteiger partial charge is 0.497 e. The first-order valence-corrected chi connectivity index (χ1v) is 7.79. The average Bonchev–Trinajstić information content (AvgIpc) is 2.99. The molecule has 1 aromatic carbocycles. The predicted octanol–water partition coefficient (Wildman–Crippen LogP) is 2.54. The number of carbonyl (C=O) groups is 1. The molecule has 0 aliphatic carbocycles. The van der Waals surface area contributed by atoms with Crippen molar-refractivity contribution in [1.82, 2.24) is 14.7 Å². The number of fused-ring (bicyclic) bond motifs is 1. The summed E-state index contributed by atoms with van der Waals surface area (Å²) in [5.41, 5.74) is 2.98. The van der Waals surface area contributed by atoms with Crippen molar-refractivity contribution in [3.63, 3.8) is 0 Å². The van der Waals surface area contributed by atoms with E-state index in [1.165, 1.54) is 11.1 Å². The third-order valence-corrected chi connectivity index (χ3v) is 4.25. The van der Waals surface area contributed by atoms with Crippen LogP contribution in [0.2, 0.25) is 0 Å². The quantitative estimate of drug-likeness (QED) is 0.815. The fourth-order valence-electron chi connectivity index (χ4n) is 3.04. The maximum absolute atomic E-state index is 13.0. The van der Waals surface area contributed by atoms with Gasteiger partial charge in [0.15, 0.2) is 0 Å². The molecule has 1 amide bonds. The first-order valence-electron chi connectivity index (χ1n) is 7.79. The molecule has 0 spiro atoms. The molecule has 0 saturated carbocycles. The molecule has 5 heteroatoms. The highest BCUT2D eigenvalue weighted by atomic mass is 16.5. The van der Waals surface area contributed by atoms with Crippen molar-refractivity contribution in [3.05, 3.63) is 65.7 Å². The first kappa shape index (κ1) is 15.3. The van der Waals surface area contributed by atoms with Gasteiger partial charge in [-0.3, -0.25) is 9.48 Å². The van der Waals surface area contributed by atoms with E-state index in [9.17, 15) is 4.79 Å². The van der Waals surface area contributed by atoms with Crippen LogP contribution in [0.5, 0.6) is 0 Å². The van der Waals surface area contributed by atoms with Crippen LogP contribution in [0, 0.1) is 0 Å². The minimum atomic E-state index is -0.160. The Morgan fingerprint density at radius 2 is 2.09 bits per heavy atom. The van der Waals surface area contributed by atoms with E-state index in [4.69, 9.17) is 4.74 Å². The number of carbonyl (C=O) groups excluding carboxylic acids is 1. The van der Waals surface area contributed by atoms with Crippen molar-refractivity contribution in [2.24, 2.45) is 7.05 Å². The van der Waals surface area contributed by atoms with E-state index in [1.54, 1.807) is 24.0 Å². The van der Waals surface area contributed by atoms with Crippen molar-refractivity contribution in [3.8, 4) is 0 Å². The lowest BCUT2D eigenvalue weighted by Crippen LogP contribution is -2.46. The number of ether oxygens (including phenoxy) is 1. The third kappa shape index (κ3) is 2.86. The second-order valence-corrected chi connectivity index (χ2v) is 5.66. The van der Waals surface area contributed by atoms with Crippen LogP contribution in [0.25, 0.3) is 0 Å². The zero-order valence-electron chi connectivity index (χ0n) is 13.5. The van der Waals surface area contributed by atoms with Gasteiger partial charge in [0.25, 0.3) is 5.91 Å². The number of aromatic nitrogens is 2. The van der Waals surface area contributed by atoms with Crippen molar-refractivity contribution >= 4 is 5.91 Å². The minimum Gasteiger partial charge on any atom is -0.497 e. The molecule has 1 aromatic heterocycles. The van der Waals surface area contributed by atoms with E-state index in [1.807, 2.05) is 24.0 Å². The van der Waals surface area contributed by atoms with Crippen molar-refractivity contribution in [2.45, 2.75) is 25.9 Å². The predicted molar refractivity (Wildman–Crippen MR) is 87.8 cm³/mol. The first-order chi connectivity index (χ1) is 11.1. The number of amides is 1. The summed E-state index contributed by atoms with van der Waals surface area (Å²) < 4.78 is 7.21. The van der Waals surface area contributed by atoms with Gasteiger partial charge in [0, 0.05) is 26.2 Å². The molecule has 0 fully saturated rings. The van der Waals surface area contributed by atoms with Crippen LogP contribution >= 0.6 is 0 Å². The minimum absolute atomic E-state index is 0.0506. The summed E-state index contributed by atoms with van der Waals surface area (Å²) in [7, 11) is 1.78. The molecule has 0 bridgehead atoms. The van der Waals surface area contributed by atoms with Gasteiger partial charge < -0.3 is 9.64 Å². The smallest absolute Gasteiger partial charge is 0.273 e. The van der Waals surface area contributed by atoms with Gasteiger partial charge in [-0.15, -0.1) is 0 Å². The van der Waals surface area contributed by atoms with Gasteiger partial charge in [0.2, 0.25) is 0 Å². The van der Waals surface area contributed by atoms with Crippen molar-refractivity contribution in [1.29, 1.82) is 0 Å². The van der Waals surface area contributed by atoms with Gasteiger partial charge in [-0.25, -0.2) is 0 Å². The van der Waals surface area contributed by atoms with E-state index >= 15 is 0 Å². The molecule has 1 aliphatic heterocycles. The van der Waals surface area contributed by atoms with Gasteiger partial charge in [-0.2, -0.15) is 5.10 Å². The van der Waals surface area contributed by atoms with Crippen LogP contribution in [-0.2, 0) is 24.8 Å². The van der Waals surface area contributed by atoms with Crippen molar-refractivity contribution < 1.29 is 9.53 Å². The lowest BCUT2D eigenvalue weighted by Gasteiger charge is -2.37. The highest BCUT2D eigenvalue weighted by Gasteiger charge is 2.33. The molecule has 2 aromatic rings. The van der Waals surface area contributed by atoms with E-state index < -0.39 is 0 Å². The molecule has 5 nitrogen and oxygen atoms in total. The fraction of sp³-hybridized carbons (Fsp3) is 0.333. The van der Waals surface area contributed by atoms with Gasteiger partial charge in [0.05, 0.1) is 12.6 Å². The Kier molecular flexibility index (Phi) is 4.19. The number of hydrogen-bond acceptors (Lipinski definition) is 3. The lowest BCUT2D eigenvalue weighted by molar-refractivity contribution is 0.0577. The molecule has 120 valence electrons. The zero-order chi connectivity index (χ0) is 16.4.